The molecular formula is C10H14N2O. The van der Waals surface area contributed by atoms with E-state index in [1.54, 1.807) is 13.4 Å². The standard InChI is InChI=1S/C10H14N2O/c1-7-8(10(2)4-5-10)9(13-3)12-6-11-7/h6H,4-5H2,1-3H3. The minimum Gasteiger partial charge on any atom is -0.481 e. The smallest absolute Gasteiger partial charge is 0.220 e. The van der Waals surface area contributed by atoms with E-state index in [1.807, 2.05) is 6.92 Å². The van der Waals surface area contributed by atoms with Gasteiger partial charge in [-0.2, -0.15) is 0 Å². The molecule has 70 valence electrons. The lowest BCUT2D eigenvalue weighted by molar-refractivity contribution is 0.386. The minimum absolute atomic E-state index is 0.274. The van der Waals surface area contributed by atoms with Gasteiger partial charge >= 0.3 is 0 Å². The summed E-state index contributed by atoms with van der Waals surface area (Å²) >= 11 is 0. The van der Waals surface area contributed by atoms with Crippen LogP contribution in [0.3, 0.4) is 0 Å². The van der Waals surface area contributed by atoms with Gasteiger partial charge in [0, 0.05) is 11.3 Å². The summed E-state index contributed by atoms with van der Waals surface area (Å²) in [4.78, 5) is 8.33. The number of ether oxygens (including phenoxy) is 1. The van der Waals surface area contributed by atoms with E-state index in [1.165, 1.54) is 18.4 Å². The average Bonchev–Trinajstić information content (AvgIpc) is 2.84. The van der Waals surface area contributed by atoms with E-state index in [0.29, 0.717) is 0 Å². The maximum Gasteiger partial charge on any atom is 0.220 e. The van der Waals surface area contributed by atoms with Crippen LogP contribution in [0.1, 0.15) is 31.0 Å². The van der Waals surface area contributed by atoms with Crippen molar-refractivity contribution in [2.75, 3.05) is 7.11 Å². The summed E-state index contributed by atoms with van der Waals surface area (Å²) in [6, 6.07) is 0. The van der Waals surface area contributed by atoms with Crippen molar-refractivity contribution in [3.05, 3.63) is 17.6 Å². The Morgan fingerprint density at radius 3 is 2.62 bits per heavy atom. The predicted octanol–water partition coefficient (Wildman–Crippen LogP) is 1.85. The fourth-order valence-electron chi connectivity index (χ4n) is 1.74. The van der Waals surface area contributed by atoms with Gasteiger partial charge in [-0.05, 0) is 25.2 Å². The molecule has 0 spiro atoms. The number of hydrogen-bond donors (Lipinski definition) is 0. The number of nitrogens with zero attached hydrogens (tertiary/aromatic N) is 2. The van der Waals surface area contributed by atoms with Crippen LogP contribution in [0, 0.1) is 6.92 Å². The lowest BCUT2D eigenvalue weighted by Gasteiger charge is -2.14. The van der Waals surface area contributed by atoms with Crippen LogP contribution in [0.25, 0.3) is 0 Å². The summed E-state index contributed by atoms with van der Waals surface area (Å²) in [5.74, 6) is 0.743. The molecule has 0 N–H and O–H groups in total. The zero-order valence-electron chi connectivity index (χ0n) is 8.29. The number of methoxy groups -OCH3 is 1. The molecule has 1 aromatic rings. The maximum absolute atomic E-state index is 5.24. The van der Waals surface area contributed by atoms with Gasteiger partial charge in [0.05, 0.1) is 7.11 Å². The highest BCUT2D eigenvalue weighted by molar-refractivity contribution is 5.40. The first-order valence-corrected chi connectivity index (χ1v) is 4.53. The van der Waals surface area contributed by atoms with Gasteiger partial charge in [0.2, 0.25) is 5.88 Å². The second-order valence-electron chi connectivity index (χ2n) is 3.90. The highest BCUT2D eigenvalue weighted by atomic mass is 16.5. The second-order valence-corrected chi connectivity index (χ2v) is 3.90. The quantitative estimate of drug-likeness (QED) is 0.693. The van der Waals surface area contributed by atoms with Crippen LogP contribution in [-0.4, -0.2) is 17.1 Å². The monoisotopic (exact) mass is 178 g/mol. The molecule has 1 heterocycles. The third-order valence-corrected chi connectivity index (χ3v) is 2.80. The fraction of sp³-hybridized carbons (Fsp3) is 0.600. The molecule has 2 rings (SSSR count). The van der Waals surface area contributed by atoms with Crippen LogP contribution in [0.2, 0.25) is 0 Å². The number of hydrogen-bond acceptors (Lipinski definition) is 3. The van der Waals surface area contributed by atoms with Crippen molar-refractivity contribution < 1.29 is 4.74 Å². The van der Waals surface area contributed by atoms with Crippen LogP contribution >= 0.6 is 0 Å². The molecule has 0 aromatic carbocycles. The zero-order valence-corrected chi connectivity index (χ0v) is 8.29. The van der Waals surface area contributed by atoms with Crippen LogP contribution in [0.5, 0.6) is 5.88 Å². The highest BCUT2D eigenvalue weighted by Crippen LogP contribution is 2.50. The SMILES string of the molecule is COc1ncnc(C)c1C1(C)CC1. The molecule has 0 atom stereocenters. The van der Waals surface area contributed by atoms with Crippen molar-refractivity contribution in [3.8, 4) is 5.88 Å². The van der Waals surface area contributed by atoms with Crippen LogP contribution in [-0.2, 0) is 5.41 Å². The van der Waals surface area contributed by atoms with Crippen molar-refractivity contribution in [2.45, 2.75) is 32.1 Å². The summed E-state index contributed by atoms with van der Waals surface area (Å²) < 4.78 is 5.24. The van der Waals surface area contributed by atoms with Crippen LogP contribution < -0.4 is 4.74 Å². The molecule has 0 amide bonds. The molecule has 1 aliphatic carbocycles. The van der Waals surface area contributed by atoms with E-state index in [-0.39, 0.29) is 5.41 Å². The highest BCUT2D eigenvalue weighted by Gasteiger charge is 2.43. The molecule has 0 bridgehead atoms. The normalized spacial score (nSPS) is 18.4. The largest absolute Gasteiger partial charge is 0.481 e. The summed E-state index contributed by atoms with van der Waals surface area (Å²) in [6.45, 7) is 4.25. The molecule has 13 heavy (non-hydrogen) atoms. The van der Waals surface area contributed by atoms with Gasteiger partial charge in [-0.1, -0.05) is 6.92 Å². The maximum atomic E-state index is 5.24. The van der Waals surface area contributed by atoms with Crippen molar-refractivity contribution in [3.63, 3.8) is 0 Å². The lowest BCUT2D eigenvalue weighted by atomic mass is 9.98. The first kappa shape index (κ1) is 8.48. The van der Waals surface area contributed by atoms with E-state index in [0.717, 1.165) is 11.6 Å². The Hall–Kier alpha value is -1.12. The Bertz CT molecular complexity index is 332. The number of aryl methyl sites for hydroxylation is 1. The molecular weight excluding hydrogens is 164 g/mol. The predicted molar refractivity (Wildman–Crippen MR) is 49.9 cm³/mol. The van der Waals surface area contributed by atoms with Crippen molar-refractivity contribution in [1.82, 2.24) is 9.97 Å². The van der Waals surface area contributed by atoms with Gasteiger partial charge in [-0.15, -0.1) is 0 Å². The van der Waals surface area contributed by atoms with Gasteiger partial charge in [-0.25, -0.2) is 9.97 Å². The molecule has 1 aliphatic rings. The van der Waals surface area contributed by atoms with E-state index >= 15 is 0 Å². The Morgan fingerprint density at radius 1 is 1.38 bits per heavy atom. The molecule has 3 heteroatoms. The number of rotatable bonds is 2. The zero-order chi connectivity index (χ0) is 9.47. The van der Waals surface area contributed by atoms with Gasteiger partial charge < -0.3 is 4.74 Å². The average molecular weight is 178 g/mol. The molecule has 0 unspecified atom stereocenters. The molecule has 0 saturated heterocycles. The summed E-state index contributed by atoms with van der Waals surface area (Å²) in [6.07, 6.45) is 4.00. The molecule has 0 radical (unpaired) electrons. The Labute approximate surface area is 78.2 Å². The minimum atomic E-state index is 0.274. The van der Waals surface area contributed by atoms with E-state index in [9.17, 15) is 0 Å². The van der Waals surface area contributed by atoms with E-state index < -0.39 is 0 Å². The van der Waals surface area contributed by atoms with Gasteiger partial charge in [0.15, 0.2) is 0 Å². The summed E-state index contributed by atoms with van der Waals surface area (Å²) in [5, 5.41) is 0. The van der Waals surface area contributed by atoms with Crippen LogP contribution in [0.15, 0.2) is 6.33 Å². The molecule has 1 saturated carbocycles. The third-order valence-electron chi connectivity index (χ3n) is 2.80. The molecule has 3 nitrogen and oxygen atoms in total. The van der Waals surface area contributed by atoms with Crippen LogP contribution in [0.4, 0.5) is 0 Å². The van der Waals surface area contributed by atoms with Crippen molar-refractivity contribution in [1.29, 1.82) is 0 Å². The van der Waals surface area contributed by atoms with Crippen molar-refractivity contribution >= 4 is 0 Å². The van der Waals surface area contributed by atoms with E-state index in [4.69, 9.17) is 4.74 Å². The molecule has 1 fully saturated rings. The van der Waals surface area contributed by atoms with E-state index in [2.05, 4.69) is 16.9 Å². The third kappa shape index (κ3) is 1.28. The Kier molecular flexibility index (Phi) is 1.75. The molecule has 1 aromatic heterocycles. The fourth-order valence-corrected chi connectivity index (χ4v) is 1.74. The Morgan fingerprint density at radius 2 is 2.08 bits per heavy atom. The number of aromatic nitrogens is 2. The lowest BCUT2D eigenvalue weighted by Crippen LogP contribution is -2.08. The topological polar surface area (TPSA) is 35.0 Å². The molecule has 0 aliphatic heterocycles. The Balaban J connectivity index is 2.52. The van der Waals surface area contributed by atoms with Gasteiger partial charge in [0.1, 0.15) is 6.33 Å². The van der Waals surface area contributed by atoms with Crippen molar-refractivity contribution in [2.24, 2.45) is 0 Å². The summed E-state index contributed by atoms with van der Waals surface area (Å²) in [5.41, 5.74) is 2.51. The van der Waals surface area contributed by atoms with Gasteiger partial charge in [0.25, 0.3) is 0 Å². The first-order chi connectivity index (χ1) is 6.17. The first-order valence-electron chi connectivity index (χ1n) is 4.53. The summed E-state index contributed by atoms with van der Waals surface area (Å²) in [7, 11) is 1.66. The second kappa shape index (κ2) is 2.69. The van der Waals surface area contributed by atoms with Gasteiger partial charge in [-0.3, -0.25) is 0 Å².